The molecule has 1 aliphatic heterocycles. The summed E-state index contributed by atoms with van der Waals surface area (Å²) in [6, 6.07) is 10.1. The van der Waals surface area contributed by atoms with Crippen molar-refractivity contribution in [2.45, 2.75) is 33.3 Å². The summed E-state index contributed by atoms with van der Waals surface area (Å²) < 4.78 is 6.12. The Labute approximate surface area is 136 Å². The maximum absolute atomic E-state index is 11.7. The average molecular weight is 310 g/mol. The summed E-state index contributed by atoms with van der Waals surface area (Å²) in [7, 11) is 0. The van der Waals surface area contributed by atoms with Gasteiger partial charge in [0.15, 0.2) is 0 Å². The number of carbonyl (C=O) groups excluding carboxylic acids is 1. The molecular formula is C19H22N2O2. The van der Waals surface area contributed by atoms with Gasteiger partial charge in [-0.2, -0.15) is 0 Å². The summed E-state index contributed by atoms with van der Waals surface area (Å²) in [5, 5.41) is 2.95. The van der Waals surface area contributed by atoms with Gasteiger partial charge in [0.2, 0.25) is 5.91 Å². The SMILES string of the molecule is Cc1cc2c(c(-c3ccccn3)c1)O[C@H](CNC(=O)C(C)C)C2. The standard InChI is InChI=1S/C19H22N2O2/c1-12(2)19(22)21-11-15-10-14-8-13(3)9-16(18(14)23-15)17-6-4-5-7-20-17/h4-9,12,15H,10-11H2,1-3H3,(H,21,22)/t15-/m0/s1. The second-order valence-corrected chi connectivity index (χ2v) is 6.36. The molecule has 2 heterocycles. The number of amides is 1. The number of carbonyl (C=O) groups is 1. The lowest BCUT2D eigenvalue weighted by Gasteiger charge is -2.14. The molecule has 0 aliphatic carbocycles. The van der Waals surface area contributed by atoms with Gasteiger partial charge in [0.05, 0.1) is 12.2 Å². The first kappa shape index (κ1) is 15.5. The van der Waals surface area contributed by atoms with Crippen molar-refractivity contribution in [3.8, 4) is 17.0 Å². The Morgan fingerprint density at radius 3 is 2.91 bits per heavy atom. The van der Waals surface area contributed by atoms with E-state index in [1.807, 2.05) is 32.0 Å². The first-order chi connectivity index (χ1) is 11.0. The van der Waals surface area contributed by atoms with E-state index in [-0.39, 0.29) is 17.9 Å². The summed E-state index contributed by atoms with van der Waals surface area (Å²) >= 11 is 0. The third kappa shape index (κ3) is 3.36. The molecule has 3 rings (SSSR count). The Morgan fingerprint density at radius 1 is 1.39 bits per heavy atom. The van der Waals surface area contributed by atoms with Gasteiger partial charge in [-0.05, 0) is 36.2 Å². The van der Waals surface area contributed by atoms with Crippen LogP contribution in [0, 0.1) is 12.8 Å². The van der Waals surface area contributed by atoms with Crippen molar-refractivity contribution in [2.24, 2.45) is 5.92 Å². The summed E-state index contributed by atoms with van der Waals surface area (Å²) in [4.78, 5) is 16.2. The molecule has 0 radical (unpaired) electrons. The van der Waals surface area contributed by atoms with E-state index < -0.39 is 0 Å². The zero-order chi connectivity index (χ0) is 16.4. The maximum atomic E-state index is 11.7. The highest BCUT2D eigenvalue weighted by Gasteiger charge is 2.27. The number of nitrogens with zero attached hydrogens (tertiary/aromatic N) is 1. The number of rotatable bonds is 4. The van der Waals surface area contributed by atoms with E-state index >= 15 is 0 Å². The molecule has 1 aromatic heterocycles. The molecule has 23 heavy (non-hydrogen) atoms. The molecule has 4 heteroatoms. The number of hydrogen-bond acceptors (Lipinski definition) is 3. The molecule has 1 atom stereocenters. The largest absolute Gasteiger partial charge is 0.487 e. The summed E-state index contributed by atoms with van der Waals surface area (Å²) in [5.74, 6) is 0.953. The highest BCUT2D eigenvalue weighted by molar-refractivity contribution is 5.78. The van der Waals surface area contributed by atoms with Gasteiger partial charge in [0, 0.05) is 24.1 Å². The van der Waals surface area contributed by atoms with Crippen molar-refractivity contribution in [3.05, 3.63) is 47.7 Å². The Bertz CT molecular complexity index is 711. The molecule has 4 nitrogen and oxygen atoms in total. The zero-order valence-electron chi connectivity index (χ0n) is 13.8. The third-order valence-corrected chi connectivity index (χ3v) is 4.01. The van der Waals surface area contributed by atoms with Crippen LogP contribution in [-0.2, 0) is 11.2 Å². The lowest BCUT2D eigenvalue weighted by atomic mass is 10.0. The molecule has 1 aromatic carbocycles. The van der Waals surface area contributed by atoms with E-state index in [2.05, 4.69) is 29.4 Å². The minimum absolute atomic E-state index is 0.00916. The van der Waals surface area contributed by atoms with E-state index in [0.717, 1.165) is 23.4 Å². The van der Waals surface area contributed by atoms with Crippen LogP contribution in [0.5, 0.6) is 5.75 Å². The minimum atomic E-state index is -0.0167. The van der Waals surface area contributed by atoms with Gasteiger partial charge in [-0.15, -0.1) is 0 Å². The van der Waals surface area contributed by atoms with Gasteiger partial charge in [0.25, 0.3) is 0 Å². The summed E-state index contributed by atoms with van der Waals surface area (Å²) in [6.07, 6.45) is 2.59. The zero-order valence-corrected chi connectivity index (χ0v) is 13.8. The summed E-state index contributed by atoms with van der Waals surface area (Å²) in [5.41, 5.74) is 4.33. The molecule has 0 bridgehead atoms. The molecule has 0 unspecified atom stereocenters. The fraction of sp³-hybridized carbons (Fsp3) is 0.368. The van der Waals surface area contributed by atoms with E-state index in [9.17, 15) is 4.79 Å². The highest BCUT2D eigenvalue weighted by atomic mass is 16.5. The minimum Gasteiger partial charge on any atom is -0.487 e. The molecular weight excluding hydrogens is 288 g/mol. The van der Waals surface area contributed by atoms with Crippen LogP contribution in [0.15, 0.2) is 36.5 Å². The number of pyridine rings is 1. The van der Waals surface area contributed by atoms with E-state index in [1.54, 1.807) is 6.20 Å². The molecule has 0 saturated heterocycles. The Morgan fingerprint density at radius 2 is 2.22 bits per heavy atom. The van der Waals surface area contributed by atoms with Crippen molar-refractivity contribution >= 4 is 5.91 Å². The fourth-order valence-electron chi connectivity index (χ4n) is 2.84. The van der Waals surface area contributed by atoms with Crippen LogP contribution in [0.1, 0.15) is 25.0 Å². The van der Waals surface area contributed by atoms with Crippen LogP contribution in [0.4, 0.5) is 0 Å². The normalized spacial score (nSPS) is 16.1. The highest BCUT2D eigenvalue weighted by Crippen LogP contribution is 2.39. The topological polar surface area (TPSA) is 51.2 Å². The van der Waals surface area contributed by atoms with Crippen molar-refractivity contribution in [1.82, 2.24) is 10.3 Å². The Hall–Kier alpha value is -2.36. The van der Waals surface area contributed by atoms with Gasteiger partial charge in [-0.3, -0.25) is 9.78 Å². The van der Waals surface area contributed by atoms with Crippen molar-refractivity contribution < 1.29 is 9.53 Å². The molecule has 2 aromatic rings. The Kier molecular flexibility index (Phi) is 4.33. The van der Waals surface area contributed by atoms with Gasteiger partial charge < -0.3 is 10.1 Å². The smallest absolute Gasteiger partial charge is 0.222 e. The van der Waals surface area contributed by atoms with E-state index in [0.29, 0.717) is 6.54 Å². The molecule has 0 spiro atoms. The second-order valence-electron chi connectivity index (χ2n) is 6.36. The Balaban J connectivity index is 1.81. The number of aryl methyl sites for hydroxylation is 1. The van der Waals surface area contributed by atoms with Crippen molar-refractivity contribution in [3.63, 3.8) is 0 Å². The van der Waals surface area contributed by atoms with Crippen molar-refractivity contribution in [1.29, 1.82) is 0 Å². The van der Waals surface area contributed by atoms with E-state index in [4.69, 9.17) is 4.74 Å². The number of hydrogen-bond donors (Lipinski definition) is 1. The van der Waals surface area contributed by atoms with Crippen LogP contribution in [0.25, 0.3) is 11.3 Å². The predicted molar refractivity (Wildman–Crippen MR) is 90.4 cm³/mol. The monoisotopic (exact) mass is 310 g/mol. The first-order valence-corrected chi connectivity index (χ1v) is 8.04. The first-order valence-electron chi connectivity index (χ1n) is 8.04. The molecule has 0 fully saturated rings. The van der Waals surface area contributed by atoms with Gasteiger partial charge in [-0.25, -0.2) is 0 Å². The number of ether oxygens (including phenoxy) is 1. The lowest BCUT2D eigenvalue weighted by Crippen LogP contribution is -2.36. The number of aromatic nitrogens is 1. The predicted octanol–water partition coefficient (Wildman–Crippen LogP) is 3.13. The molecule has 1 amide bonds. The van der Waals surface area contributed by atoms with Crippen molar-refractivity contribution in [2.75, 3.05) is 6.54 Å². The molecule has 0 saturated carbocycles. The summed E-state index contributed by atoms with van der Waals surface area (Å²) in [6.45, 7) is 6.40. The van der Waals surface area contributed by atoms with Gasteiger partial charge >= 0.3 is 0 Å². The second kappa shape index (κ2) is 6.41. The number of nitrogens with one attached hydrogen (secondary N) is 1. The number of benzene rings is 1. The average Bonchev–Trinajstić information content (AvgIpc) is 2.95. The van der Waals surface area contributed by atoms with Crippen LogP contribution < -0.4 is 10.1 Å². The lowest BCUT2D eigenvalue weighted by molar-refractivity contribution is -0.124. The van der Waals surface area contributed by atoms with Gasteiger partial charge in [-0.1, -0.05) is 26.0 Å². The van der Waals surface area contributed by atoms with Crippen LogP contribution in [0.3, 0.4) is 0 Å². The third-order valence-electron chi connectivity index (χ3n) is 4.01. The quantitative estimate of drug-likeness (QED) is 0.944. The van der Waals surface area contributed by atoms with Gasteiger partial charge in [0.1, 0.15) is 11.9 Å². The van der Waals surface area contributed by atoms with E-state index in [1.165, 1.54) is 11.1 Å². The maximum Gasteiger partial charge on any atom is 0.222 e. The van der Waals surface area contributed by atoms with Crippen LogP contribution in [0.2, 0.25) is 0 Å². The molecule has 120 valence electrons. The fourth-order valence-corrected chi connectivity index (χ4v) is 2.84. The van der Waals surface area contributed by atoms with Crippen LogP contribution >= 0.6 is 0 Å². The molecule has 1 N–H and O–H groups in total. The van der Waals surface area contributed by atoms with Crippen LogP contribution in [-0.4, -0.2) is 23.5 Å². The number of fused-ring (bicyclic) bond motifs is 1. The molecule has 1 aliphatic rings.